The minimum atomic E-state index is -4.63. The van der Waals surface area contributed by atoms with Crippen molar-refractivity contribution in [1.82, 2.24) is 0 Å². The molecule has 178 valence electrons. The molecular weight excluding hydrogens is 467 g/mol. The predicted molar refractivity (Wildman–Crippen MR) is 120 cm³/mol. The van der Waals surface area contributed by atoms with E-state index < -0.39 is 22.3 Å². The van der Waals surface area contributed by atoms with Crippen molar-refractivity contribution >= 4 is 26.6 Å². The molecule has 3 aromatic rings. The summed E-state index contributed by atoms with van der Waals surface area (Å²) in [7, 11) is -2.90. The molecule has 0 amide bonds. The first-order valence-corrected chi connectivity index (χ1v) is 12.0. The Morgan fingerprint density at radius 2 is 1.39 bits per heavy atom. The maximum absolute atomic E-state index is 12.6. The van der Waals surface area contributed by atoms with Crippen molar-refractivity contribution in [1.29, 1.82) is 0 Å². The fourth-order valence-corrected chi connectivity index (χ4v) is 4.09. The van der Waals surface area contributed by atoms with Crippen molar-refractivity contribution in [2.24, 2.45) is 0 Å². The van der Waals surface area contributed by atoms with E-state index in [1.54, 1.807) is 67.4 Å². The van der Waals surface area contributed by atoms with Crippen LogP contribution in [0.25, 0.3) is 10.8 Å². The number of nitrogens with zero attached hydrogens (tertiary/aromatic N) is 1. The van der Waals surface area contributed by atoms with Gasteiger partial charge in [-0.25, -0.2) is 8.42 Å². The van der Waals surface area contributed by atoms with E-state index in [1.807, 2.05) is 0 Å². The van der Waals surface area contributed by atoms with Gasteiger partial charge in [-0.05, 0) is 24.3 Å². The summed E-state index contributed by atoms with van der Waals surface area (Å²) in [6.07, 6.45) is -1.42. The van der Waals surface area contributed by atoms with E-state index in [0.29, 0.717) is 34.4 Å². The number of fused-ring (bicyclic) bond motifs is 1. The summed E-state index contributed by atoms with van der Waals surface area (Å²) < 4.78 is 45.8. The minimum Gasteiger partial charge on any atom is -0.850 e. The molecule has 3 aromatic carbocycles. The third-order valence-corrected chi connectivity index (χ3v) is 6.05. The van der Waals surface area contributed by atoms with Crippen LogP contribution in [-0.2, 0) is 10.1 Å². The van der Waals surface area contributed by atoms with Gasteiger partial charge in [-0.15, -0.1) is 0 Å². The Labute approximate surface area is 248 Å². The molecular formula is C24H26Li3NO7S. The van der Waals surface area contributed by atoms with Crippen LogP contribution in [0.2, 0.25) is 0 Å². The Kier molecular flexibility index (Phi) is 15.6. The Balaban J connectivity index is 0.00000408. The molecule has 2 unspecified atom stereocenters. The first kappa shape index (κ1) is 34.9. The number of anilines is 1. The van der Waals surface area contributed by atoms with Gasteiger partial charge in [0.2, 0.25) is 0 Å². The van der Waals surface area contributed by atoms with Gasteiger partial charge in [-0.1, -0.05) is 55.9 Å². The van der Waals surface area contributed by atoms with Crippen molar-refractivity contribution < 1.29 is 89.2 Å². The molecule has 0 bridgehead atoms. The standard InChI is InChI=1S/C24H27NO7S.3Li/c1-3-17(26)15-31-19-7-6-8-20(13-19)32-16-18(27)14-25(2)23-11-12-24(33(28,29)30)22-10-5-4-9-21(22)23;;;/h4-13,17-18H,3,14-16H2,1-2H3,(H,28,29,30);;;/q-2;3*+1/p-1. The van der Waals surface area contributed by atoms with E-state index in [9.17, 15) is 23.2 Å². The van der Waals surface area contributed by atoms with Crippen LogP contribution in [0, 0.1) is 0 Å². The SMILES string of the molecule is CCC([O-])COc1cccc(OCC([O-])CN(C)c2ccc(S(=O)(=O)[O-])c3ccccc23)c1.[Li+].[Li+].[Li+]. The van der Waals surface area contributed by atoms with Gasteiger partial charge in [0.15, 0.2) is 0 Å². The molecule has 0 saturated heterocycles. The predicted octanol–water partition coefficient (Wildman–Crippen LogP) is -7.48. The quantitative estimate of drug-likeness (QED) is 0.191. The van der Waals surface area contributed by atoms with E-state index in [0.717, 1.165) is 0 Å². The summed E-state index contributed by atoms with van der Waals surface area (Å²) in [5.74, 6) is 0.964. The van der Waals surface area contributed by atoms with Gasteiger partial charge in [0.25, 0.3) is 0 Å². The van der Waals surface area contributed by atoms with E-state index >= 15 is 0 Å². The van der Waals surface area contributed by atoms with Crippen molar-refractivity contribution in [2.75, 3.05) is 31.7 Å². The molecule has 0 fully saturated rings. The number of hydrogen-bond acceptors (Lipinski definition) is 8. The third-order valence-electron chi connectivity index (χ3n) is 5.15. The van der Waals surface area contributed by atoms with Gasteiger partial charge in [0.05, 0.1) is 18.1 Å². The van der Waals surface area contributed by atoms with Crippen LogP contribution in [0.4, 0.5) is 5.69 Å². The van der Waals surface area contributed by atoms with Gasteiger partial charge in [-0.2, -0.15) is 0 Å². The Hall–Kier alpha value is -1.06. The third kappa shape index (κ3) is 9.67. The van der Waals surface area contributed by atoms with Crippen LogP contribution in [-0.4, -0.2) is 52.0 Å². The first-order chi connectivity index (χ1) is 15.7. The molecule has 3 rings (SSSR count). The molecule has 0 saturated carbocycles. The summed E-state index contributed by atoms with van der Waals surface area (Å²) in [5, 5.41) is 25.0. The topological polar surface area (TPSA) is 125 Å². The molecule has 2 atom stereocenters. The number of benzene rings is 3. The molecule has 0 aliphatic heterocycles. The fourth-order valence-electron chi connectivity index (χ4n) is 3.41. The molecule has 8 nitrogen and oxygen atoms in total. The molecule has 0 aliphatic carbocycles. The zero-order valence-electron chi connectivity index (χ0n) is 21.5. The number of likely N-dealkylation sites (N-methyl/N-ethyl adjacent to an activating group) is 1. The number of hydrogen-bond donors (Lipinski definition) is 0. The minimum absolute atomic E-state index is 0. The van der Waals surface area contributed by atoms with Gasteiger partial charge < -0.3 is 29.1 Å². The van der Waals surface area contributed by atoms with Gasteiger partial charge in [0, 0.05) is 36.1 Å². The van der Waals surface area contributed by atoms with E-state index in [2.05, 4.69) is 0 Å². The molecule has 12 heteroatoms. The molecule has 0 N–H and O–H groups in total. The largest absolute Gasteiger partial charge is 1.00 e. The Bertz CT molecular complexity index is 1200. The Morgan fingerprint density at radius 3 is 1.94 bits per heavy atom. The maximum Gasteiger partial charge on any atom is 1.00 e. The van der Waals surface area contributed by atoms with E-state index in [-0.39, 0.29) is 81.2 Å². The summed E-state index contributed by atoms with van der Waals surface area (Å²) in [6.45, 7) is 1.86. The zero-order valence-corrected chi connectivity index (χ0v) is 22.3. The molecule has 0 heterocycles. The monoisotopic (exact) mass is 493 g/mol. The van der Waals surface area contributed by atoms with Crippen LogP contribution in [0.5, 0.6) is 11.5 Å². The average molecular weight is 493 g/mol. The molecule has 0 radical (unpaired) electrons. The maximum atomic E-state index is 12.6. The summed E-state index contributed by atoms with van der Waals surface area (Å²) in [4.78, 5) is 1.42. The summed E-state index contributed by atoms with van der Waals surface area (Å²) >= 11 is 0. The van der Waals surface area contributed by atoms with Gasteiger partial charge in [-0.3, -0.25) is 0 Å². The van der Waals surface area contributed by atoms with Crippen LogP contribution in [0.15, 0.2) is 65.6 Å². The first-order valence-electron chi connectivity index (χ1n) is 10.5. The molecule has 36 heavy (non-hydrogen) atoms. The molecule has 0 spiro atoms. The number of rotatable bonds is 11. The van der Waals surface area contributed by atoms with Crippen molar-refractivity contribution in [3.8, 4) is 11.5 Å². The average Bonchev–Trinajstić information content (AvgIpc) is 2.80. The Morgan fingerprint density at radius 1 is 0.833 bits per heavy atom. The van der Waals surface area contributed by atoms with E-state index in [1.165, 1.54) is 12.1 Å². The second-order valence-electron chi connectivity index (χ2n) is 7.71. The van der Waals surface area contributed by atoms with Gasteiger partial charge in [0.1, 0.15) is 21.6 Å². The van der Waals surface area contributed by atoms with Crippen LogP contribution in [0.1, 0.15) is 13.3 Å². The molecule has 0 aromatic heterocycles. The normalized spacial score (nSPS) is 12.4. The second-order valence-corrected chi connectivity index (χ2v) is 9.06. The smallest absolute Gasteiger partial charge is 0.850 e. The fraction of sp³-hybridized carbons (Fsp3) is 0.333. The zero-order chi connectivity index (χ0) is 24.0. The molecule has 0 aliphatic rings. The van der Waals surface area contributed by atoms with Crippen molar-refractivity contribution in [3.63, 3.8) is 0 Å². The van der Waals surface area contributed by atoms with Crippen LogP contribution >= 0.6 is 0 Å². The summed E-state index contributed by atoms with van der Waals surface area (Å²) in [6, 6.07) is 16.2. The van der Waals surface area contributed by atoms with E-state index in [4.69, 9.17) is 9.47 Å². The van der Waals surface area contributed by atoms with Crippen molar-refractivity contribution in [2.45, 2.75) is 30.4 Å². The van der Waals surface area contributed by atoms with Crippen LogP contribution < -0.4 is 81.2 Å². The van der Waals surface area contributed by atoms with Gasteiger partial charge >= 0.3 is 56.6 Å². The number of ether oxygens (including phenoxy) is 2. The summed E-state index contributed by atoms with van der Waals surface area (Å²) in [5.41, 5.74) is 0.636. The van der Waals surface area contributed by atoms with Crippen molar-refractivity contribution in [3.05, 3.63) is 60.7 Å². The second kappa shape index (κ2) is 16.0. The van der Waals surface area contributed by atoms with Crippen LogP contribution in [0.3, 0.4) is 0 Å².